The first-order chi connectivity index (χ1) is 15.6. The first-order valence-electron chi connectivity index (χ1n) is 11.1. The van der Waals surface area contributed by atoms with Crippen LogP contribution in [0.5, 0.6) is 0 Å². The summed E-state index contributed by atoms with van der Waals surface area (Å²) < 4.78 is 40.5. The van der Waals surface area contributed by atoms with E-state index in [0.717, 1.165) is 34.8 Å². The predicted molar refractivity (Wildman–Crippen MR) is 123 cm³/mol. The van der Waals surface area contributed by atoms with Crippen LogP contribution in [-0.2, 0) is 14.8 Å². The van der Waals surface area contributed by atoms with Gasteiger partial charge in [0.1, 0.15) is 0 Å². The highest BCUT2D eigenvalue weighted by molar-refractivity contribution is 7.89. The van der Waals surface area contributed by atoms with Crippen molar-refractivity contribution in [2.75, 3.05) is 26.3 Å². The summed E-state index contributed by atoms with van der Waals surface area (Å²) >= 11 is 1.59. The molecule has 0 bridgehead atoms. The lowest BCUT2D eigenvalue weighted by Crippen LogP contribution is -2.40. The Hall–Kier alpha value is -2.20. The van der Waals surface area contributed by atoms with Crippen molar-refractivity contribution < 1.29 is 17.6 Å². The molecule has 0 unspecified atom stereocenters. The molecule has 3 heterocycles. The molecule has 1 saturated carbocycles. The Labute approximate surface area is 192 Å². The Bertz CT molecular complexity index is 1200. The standard InChI is InChI=1S/C23H27N3O4S2/c27-32(28,25-12-15-29-16-13-25)20-10-8-18(9-11-20)24-23-26(19-5-2-1-3-6-19)21(17-31-23)22-7-4-14-30-22/h4,7-11,14,17,19H,1-3,5-6,12-13,15-16H2. The van der Waals surface area contributed by atoms with Gasteiger partial charge < -0.3 is 13.7 Å². The smallest absolute Gasteiger partial charge is 0.243 e. The Morgan fingerprint density at radius 1 is 1.00 bits per heavy atom. The fourth-order valence-corrected chi connectivity index (χ4v) is 6.81. The predicted octanol–water partition coefficient (Wildman–Crippen LogP) is 4.57. The van der Waals surface area contributed by atoms with Gasteiger partial charge in [-0.25, -0.2) is 13.4 Å². The summed E-state index contributed by atoms with van der Waals surface area (Å²) in [6, 6.07) is 11.1. The maximum atomic E-state index is 12.9. The van der Waals surface area contributed by atoms with Crippen molar-refractivity contribution in [3.05, 3.63) is 52.8 Å². The summed E-state index contributed by atoms with van der Waals surface area (Å²) in [5.41, 5.74) is 1.79. The van der Waals surface area contributed by atoms with Crippen LogP contribution >= 0.6 is 11.3 Å². The van der Waals surface area contributed by atoms with Crippen molar-refractivity contribution in [1.82, 2.24) is 8.87 Å². The fourth-order valence-electron chi connectivity index (χ4n) is 4.44. The zero-order valence-electron chi connectivity index (χ0n) is 17.9. The van der Waals surface area contributed by atoms with E-state index in [4.69, 9.17) is 14.1 Å². The topological polar surface area (TPSA) is 77.0 Å². The van der Waals surface area contributed by atoms with Gasteiger partial charge in [0.2, 0.25) is 10.0 Å². The highest BCUT2D eigenvalue weighted by atomic mass is 32.2. The van der Waals surface area contributed by atoms with Crippen LogP contribution in [-0.4, -0.2) is 43.6 Å². The Balaban J connectivity index is 1.48. The number of nitrogens with zero attached hydrogens (tertiary/aromatic N) is 3. The number of hydrogen-bond donors (Lipinski definition) is 0. The van der Waals surface area contributed by atoms with E-state index in [0.29, 0.717) is 37.2 Å². The van der Waals surface area contributed by atoms with E-state index in [1.165, 1.54) is 23.6 Å². The van der Waals surface area contributed by atoms with E-state index < -0.39 is 10.0 Å². The number of aromatic nitrogens is 1. The largest absolute Gasteiger partial charge is 0.463 e. The van der Waals surface area contributed by atoms with Crippen LogP contribution in [0.1, 0.15) is 38.1 Å². The number of benzene rings is 1. The second-order valence-corrected chi connectivity index (χ2v) is 10.9. The van der Waals surface area contributed by atoms with Crippen molar-refractivity contribution in [2.24, 2.45) is 4.99 Å². The fraction of sp³-hybridized carbons (Fsp3) is 0.435. The third kappa shape index (κ3) is 4.34. The Morgan fingerprint density at radius 3 is 2.44 bits per heavy atom. The quantitative estimate of drug-likeness (QED) is 0.544. The number of furan rings is 1. The molecular formula is C23H27N3O4S2. The molecule has 0 N–H and O–H groups in total. The number of ether oxygens (including phenoxy) is 1. The molecular weight excluding hydrogens is 446 g/mol. The molecule has 9 heteroatoms. The number of thiazole rings is 1. The number of rotatable bonds is 5. The lowest BCUT2D eigenvalue weighted by Gasteiger charge is -2.26. The molecule has 0 atom stereocenters. The maximum absolute atomic E-state index is 12.9. The molecule has 32 heavy (non-hydrogen) atoms. The maximum Gasteiger partial charge on any atom is 0.243 e. The molecule has 2 aromatic heterocycles. The molecule has 1 aliphatic heterocycles. The lowest BCUT2D eigenvalue weighted by molar-refractivity contribution is 0.0730. The summed E-state index contributed by atoms with van der Waals surface area (Å²) in [6.07, 6.45) is 7.69. The number of hydrogen-bond acceptors (Lipinski definition) is 6. The van der Waals surface area contributed by atoms with Gasteiger partial charge in [0, 0.05) is 24.5 Å². The van der Waals surface area contributed by atoms with Crippen molar-refractivity contribution in [3.63, 3.8) is 0 Å². The van der Waals surface area contributed by atoms with Crippen molar-refractivity contribution in [1.29, 1.82) is 0 Å². The minimum atomic E-state index is -3.51. The van der Waals surface area contributed by atoms with Gasteiger partial charge in [-0.3, -0.25) is 0 Å². The molecule has 2 aliphatic rings. The van der Waals surface area contributed by atoms with Gasteiger partial charge in [-0.15, -0.1) is 11.3 Å². The molecule has 0 spiro atoms. The molecule has 1 aromatic carbocycles. The zero-order chi connectivity index (χ0) is 22.0. The molecule has 7 nitrogen and oxygen atoms in total. The van der Waals surface area contributed by atoms with Crippen LogP contribution in [0.4, 0.5) is 5.69 Å². The number of morpholine rings is 1. The number of sulfonamides is 1. The van der Waals surface area contributed by atoms with E-state index in [-0.39, 0.29) is 0 Å². The van der Waals surface area contributed by atoms with Crippen LogP contribution in [0.3, 0.4) is 0 Å². The first-order valence-corrected chi connectivity index (χ1v) is 13.4. The van der Waals surface area contributed by atoms with E-state index in [1.54, 1.807) is 41.9 Å². The third-order valence-electron chi connectivity index (χ3n) is 6.12. The van der Waals surface area contributed by atoms with Gasteiger partial charge in [-0.2, -0.15) is 4.31 Å². The minimum Gasteiger partial charge on any atom is -0.463 e. The van der Waals surface area contributed by atoms with Crippen LogP contribution < -0.4 is 4.80 Å². The summed E-state index contributed by atoms with van der Waals surface area (Å²) in [4.78, 5) is 6.10. The molecule has 2 fully saturated rings. The second kappa shape index (κ2) is 9.35. The molecule has 170 valence electrons. The SMILES string of the molecule is O=S(=O)(c1ccc(N=c2scc(-c3ccco3)n2C2CCCCC2)cc1)N1CCOCC1. The van der Waals surface area contributed by atoms with Gasteiger partial charge in [0.25, 0.3) is 0 Å². The molecule has 0 radical (unpaired) electrons. The average molecular weight is 474 g/mol. The van der Waals surface area contributed by atoms with Gasteiger partial charge in [-0.05, 0) is 49.2 Å². The highest BCUT2D eigenvalue weighted by Crippen LogP contribution is 2.32. The summed E-state index contributed by atoms with van der Waals surface area (Å²) in [7, 11) is -3.51. The van der Waals surface area contributed by atoms with E-state index in [1.807, 2.05) is 12.1 Å². The third-order valence-corrected chi connectivity index (χ3v) is 8.88. The van der Waals surface area contributed by atoms with E-state index in [2.05, 4.69) is 9.95 Å². The normalized spacial score (nSPS) is 19.4. The molecule has 5 rings (SSSR count). The summed E-state index contributed by atoms with van der Waals surface area (Å²) in [5, 5.41) is 2.10. The van der Waals surface area contributed by atoms with Gasteiger partial charge >= 0.3 is 0 Å². The Morgan fingerprint density at radius 2 is 1.75 bits per heavy atom. The zero-order valence-corrected chi connectivity index (χ0v) is 19.5. The monoisotopic (exact) mass is 473 g/mol. The van der Waals surface area contributed by atoms with Gasteiger partial charge in [0.15, 0.2) is 10.6 Å². The van der Waals surface area contributed by atoms with Gasteiger partial charge in [0.05, 0.1) is 35.8 Å². The molecule has 1 aliphatic carbocycles. The molecule has 1 saturated heterocycles. The van der Waals surface area contributed by atoms with Crippen molar-refractivity contribution >= 4 is 27.0 Å². The van der Waals surface area contributed by atoms with Crippen LogP contribution in [0.25, 0.3) is 11.5 Å². The summed E-state index contributed by atoms with van der Waals surface area (Å²) in [6.45, 7) is 1.65. The van der Waals surface area contributed by atoms with Crippen molar-refractivity contribution in [3.8, 4) is 11.5 Å². The first kappa shape index (κ1) is 21.6. The van der Waals surface area contributed by atoms with Gasteiger partial charge in [-0.1, -0.05) is 19.3 Å². The molecule has 3 aromatic rings. The van der Waals surface area contributed by atoms with Crippen LogP contribution in [0.15, 0.2) is 62.3 Å². The Kier molecular flexibility index (Phi) is 6.32. The minimum absolute atomic E-state index is 0.293. The van der Waals surface area contributed by atoms with Crippen LogP contribution in [0, 0.1) is 0 Å². The van der Waals surface area contributed by atoms with Crippen molar-refractivity contribution in [2.45, 2.75) is 43.0 Å². The second-order valence-electron chi connectivity index (χ2n) is 8.16. The van der Waals surface area contributed by atoms with E-state index >= 15 is 0 Å². The average Bonchev–Trinajstić information content (AvgIpc) is 3.51. The lowest BCUT2D eigenvalue weighted by atomic mass is 9.95. The highest BCUT2D eigenvalue weighted by Gasteiger charge is 2.26. The van der Waals surface area contributed by atoms with E-state index in [9.17, 15) is 8.42 Å². The molecule has 0 amide bonds. The summed E-state index contributed by atoms with van der Waals surface area (Å²) in [5.74, 6) is 0.847. The van der Waals surface area contributed by atoms with Crippen LogP contribution in [0.2, 0.25) is 0 Å².